The predicted octanol–water partition coefficient (Wildman–Crippen LogP) is 2.93. The number of carbonyl (C=O) groups excluding carboxylic acids is 1. The molecule has 2 aromatic rings. The van der Waals surface area contributed by atoms with Gasteiger partial charge in [-0.15, -0.1) is 0 Å². The Morgan fingerprint density at radius 1 is 1.30 bits per heavy atom. The molecule has 1 heterocycles. The van der Waals surface area contributed by atoms with Crippen molar-refractivity contribution in [3.63, 3.8) is 0 Å². The predicted molar refractivity (Wildman–Crippen MR) is 77.7 cm³/mol. The summed E-state index contributed by atoms with van der Waals surface area (Å²) < 4.78 is 5.09. The molecule has 0 bridgehead atoms. The molecule has 0 atom stereocenters. The third-order valence-electron chi connectivity index (χ3n) is 2.92. The summed E-state index contributed by atoms with van der Waals surface area (Å²) in [6.07, 6.45) is 3.42. The third kappa shape index (κ3) is 4.70. The van der Waals surface area contributed by atoms with Crippen LogP contribution < -0.4 is 5.32 Å². The first-order valence-corrected chi connectivity index (χ1v) is 6.93. The van der Waals surface area contributed by atoms with Gasteiger partial charge in [0, 0.05) is 31.3 Å². The average Bonchev–Trinajstić information content (AvgIpc) is 2.85. The van der Waals surface area contributed by atoms with Crippen molar-refractivity contribution in [1.82, 2.24) is 10.3 Å². The van der Waals surface area contributed by atoms with E-state index in [0.29, 0.717) is 25.3 Å². The molecular formula is C15H17ClN2O2. The number of amides is 1. The van der Waals surface area contributed by atoms with Crippen LogP contribution in [0.1, 0.15) is 23.6 Å². The SMILES string of the molecule is Cc1nc(CCC(=O)NCCc2ccc(Cl)cc2)co1. The fourth-order valence-corrected chi connectivity index (χ4v) is 1.98. The largest absolute Gasteiger partial charge is 0.449 e. The van der Waals surface area contributed by atoms with E-state index >= 15 is 0 Å². The molecule has 0 aliphatic carbocycles. The molecule has 20 heavy (non-hydrogen) atoms. The van der Waals surface area contributed by atoms with Gasteiger partial charge in [-0.3, -0.25) is 4.79 Å². The Morgan fingerprint density at radius 3 is 2.70 bits per heavy atom. The Labute approximate surface area is 123 Å². The molecule has 4 nitrogen and oxygen atoms in total. The van der Waals surface area contributed by atoms with Crippen molar-refractivity contribution in [3.8, 4) is 0 Å². The molecule has 2 rings (SSSR count). The fourth-order valence-electron chi connectivity index (χ4n) is 1.85. The van der Waals surface area contributed by atoms with Gasteiger partial charge in [0.25, 0.3) is 0 Å². The number of rotatable bonds is 6. The maximum atomic E-state index is 11.7. The highest BCUT2D eigenvalue weighted by Gasteiger charge is 2.05. The zero-order valence-corrected chi connectivity index (χ0v) is 12.1. The highest BCUT2D eigenvalue weighted by atomic mass is 35.5. The van der Waals surface area contributed by atoms with Crippen molar-refractivity contribution >= 4 is 17.5 Å². The molecule has 1 N–H and O–H groups in total. The molecule has 1 amide bonds. The first-order chi connectivity index (χ1) is 9.63. The third-order valence-corrected chi connectivity index (χ3v) is 3.18. The van der Waals surface area contributed by atoms with E-state index < -0.39 is 0 Å². The van der Waals surface area contributed by atoms with Crippen LogP contribution in [0.3, 0.4) is 0 Å². The molecule has 0 radical (unpaired) electrons. The lowest BCUT2D eigenvalue weighted by Gasteiger charge is -2.04. The number of aryl methyl sites for hydroxylation is 2. The fraction of sp³-hybridized carbons (Fsp3) is 0.333. The first kappa shape index (κ1) is 14.6. The Balaban J connectivity index is 1.66. The summed E-state index contributed by atoms with van der Waals surface area (Å²) in [5.41, 5.74) is 1.97. The van der Waals surface area contributed by atoms with Crippen molar-refractivity contribution < 1.29 is 9.21 Å². The summed E-state index contributed by atoms with van der Waals surface area (Å²) in [5, 5.41) is 3.62. The lowest BCUT2D eigenvalue weighted by Crippen LogP contribution is -2.25. The minimum atomic E-state index is 0.0274. The van der Waals surface area contributed by atoms with Gasteiger partial charge in [0.15, 0.2) is 5.89 Å². The van der Waals surface area contributed by atoms with E-state index in [1.54, 1.807) is 13.2 Å². The van der Waals surface area contributed by atoms with E-state index in [1.807, 2.05) is 24.3 Å². The van der Waals surface area contributed by atoms with E-state index in [4.69, 9.17) is 16.0 Å². The zero-order chi connectivity index (χ0) is 14.4. The summed E-state index contributed by atoms with van der Waals surface area (Å²) in [6, 6.07) is 7.64. The minimum absolute atomic E-state index is 0.0274. The summed E-state index contributed by atoms with van der Waals surface area (Å²) in [5.74, 6) is 0.655. The van der Waals surface area contributed by atoms with Gasteiger partial charge in [-0.05, 0) is 24.1 Å². The Kier molecular flexibility index (Phi) is 5.18. The summed E-state index contributed by atoms with van der Waals surface area (Å²) >= 11 is 5.81. The van der Waals surface area contributed by atoms with Crippen LogP contribution in [0.2, 0.25) is 5.02 Å². The molecule has 0 fully saturated rings. The van der Waals surface area contributed by atoms with Crippen molar-refractivity contribution in [3.05, 3.63) is 52.7 Å². The number of oxazole rings is 1. The van der Waals surface area contributed by atoms with Crippen LogP contribution in [0, 0.1) is 6.92 Å². The second kappa shape index (κ2) is 7.10. The minimum Gasteiger partial charge on any atom is -0.449 e. The quantitative estimate of drug-likeness (QED) is 0.890. The molecule has 1 aromatic carbocycles. The van der Waals surface area contributed by atoms with Gasteiger partial charge in [-0.1, -0.05) is 23.7 Å². The van der Waals surface area contributed by atoms with Gasteiger partial charge in [-0.2, -0.15) is 0 Å². The summed E-state index contributed by atoms with van der Waals surface area (Å²) in [6.45, 7) is 2.41. The smallest absolute Gasteiger partial charge is 0.220 e. The van der Waals surface area contributed by atoms with E-state index in [2.05, 4.69) is 10.3 Å². The highest BCUT2D eigenvalue weighted by molar-refractivity contribution is 6.30. The number of halogens is 1. The van der Waals surface area contributed by atoms with E-state index in [0.717, 1.165) is 22.7 Å². The van der Waals surface area contributed by atoms with Gasteiger partial charge in [-0.25, -0.2) is 4.98 Å². The molecule has 5 heteroatoms. The van der Waals surface area contributed by atoms with Crippen LogP contribution in [-0.4, -0.2) is 17.4 Å². The van der Waals surface area contributed by atoms with Crippen LogP contribution in [0.5, 0.6) is 0 Å². The van der Waals surface area contributed by atoms with E-state index in [-0.39, 0.29) is 5.91 Å². The molecule has 0 spiro atoms. The number of carbonyl (C=O) groups is 1. The molecule has 0 saturated heterocycles. The Morgan fingerprint density at radius 2 is 2.05 bits per heavy atom. The maximum Gasteiger partial charge on any atom is 0.220 e. The average molecular weight is 293 g/mol. The van der Waals surface area contributed by atoms with Crippen molar-refractivity contribution in [2.24, 2.45) is 0 Å². The molecule has 0 aliphatic heterocycles. The van der Waals surface area contributed by atoms with E-state index in [1.165, 1.54) is 0 Å². The van der Waals surface area contributed by atoms with Gasteiger partial charge in [0.2, 0.25) is 5.91 Å². The molecular weight excluding hydrogens is 276 g/mol. The van der Waals surface area contributed by atoms with Crippen molar-refractivity contribution in [2.75, 3.05) is 6.54 Å². The molecule has 106 valence electrons. The van der Waals surface area contributed by atoms with Crippen LogP contribution in [0.4, 0.5) is 0 Å². The molecule has 0 unspecified atom stereocenters. The monoisotopic (exact) mass is 292 g/mol. The molecule has 1 aromatic heterocycles. The molecule has 0 saturated carbocycles. The van der Waals surface area contributed by atoms with Crippen LogP contribution in [0.15, 0.2) is 34.9 Å². The van der Waals surface area contributed by atoms with Gasteiger partial charge in [0.05, 0.1) is 5.69 Å². The lowest BCUT2D eigenvalue weighted by molar-refractivity contribution is -0.121. The standard InChI is InChI=1S/C15H17ClN2O2/c1-11-18-14(10-20-11)6-7-15(19)17-9-8-12-2-4-13(16)5-3-12/h2-5,10H,6-9H2,1H3,(H,17,19). The lowest BCUT2D eigenvalue weighted by atomic mass is 10.1. The van der Waals surface area contributed by atoms with Crippen molar-refractivity contribution in [2.45, 2.75) is 26.2 Å². The number of nitrogens with one attached hydrogen (secondary N) is 1. The summed E-state index contributed by atoms with van der Waals surface area (Å²) in [4.78, 5) is 15.8. The number of benzene rings is 1. The van der Waals surface area contributed by atoms with Gasteiger partial charge >= 0.3 is 0 Å². The second-order valence-electron chi connectivity index (χ2n) is 4.58. The number of hydrogen-bond acceptors (Lipinski definition) is 3. The van der Waals surface area contributed by atoms with Gasteiger partial charge in [0.1, 0.15) is 6.26 Å². The van der Waals surface area contributed by atoms with Crippen LogP contribution in [0.25, 0.3) is 0 Å². The highest BCUT2D eigenvalue weighted by Crippen LogP contribution is 2.09. The van der Waals surface area contributed by atoms with Gasteiger partial charge < -0.3 is 9.73 Å². The molecule has 0 aliphatic rings. The topological polar surface area (TPSA) is 55.1 Å². The van der Waals surface area contributed by atoms with Crippen LogP contribution >= 0.6 is 11.6 Å². The summed E-state index contributed by atoms with van der Waals surface area (Å²) in [7, 11) is 0. The van der Waals surface area contributed by atoms with Crippen LogP contribution in [-0.2, 0) is 17.6 Å². The maximum absolute atomic E-state index is 11.7. The second-order valence-corrected chi connectivity index (χ2v) is 5.02. The number of nitrogens with zero attached hydrogens (tertiary/aromatic N) is 1. The van der Waals surface area contributed by atoms with Crippen molar-refractivity contribution in [1.29, 1.82) is 0 Å². The Bertz CT molecular complexity index is 564. The Hall–Kier alpha value is -1.81. The van der Waals surface area contributed by atoms with E-state index in [9.17, 15) is 4.79 Å². The zero-order valence-electron chi connectivity index (χ0n) is 11.4. The number of hydrogen-bond donors (Lipinski definition) is 1. The number of aromatic nitrogens is 1. The normalized spacial score (nSPS) is 10.5. The first-order valence-electron chi connectivity index (χ1n) is 6.55.